The van der Waals surface area contributed by atoms with E-state index in [4.69, 9.17) is 0 Å². The van der Waals surface area contributed by atoms with E-state index in [-0.39, 0.29) is 18.5 Å². The Balaban J connectivity index is 1.98. The lowest BCUT2D eigenvalue weighted by Crippen LogP contribution is -2.43. The van der Waals surface area contributed by atoms with Gasteiger partial charge < -0.3 is 5.11 Å². The number of hydrogen-bond acceptors (Lipinski definition) is 3. The van der Waals surface area contributed by atoms with Crippen molar-refractivity contribution in [3.05, 3.63) is 59.6 Å². The first kappa shape index (κ1) is 15.1. The molecule has 1 saturated heterocycles. The lowest BCUT2D eigenvalue weighted by Gasteiger charge is -2.27. The Hall–Kier alpha value is -2.76. The van der Waals surface area contributed by atoms with E-state index in [9.17, 15) is 23.9 Å². The maximum absolute atomic E-state index is 13.5. The molecule has 1 heterocycles. The highest BCUT2D eigenvalue weighted by atomic mass is 19.1. The Bertz CT molecular complexity index is 738. The smallest absolute Gasteiger partial charge is 0.327 e. The molecule has 0 bridgehead atoms. The summed E-state index contributed by atoms with van der Waals surface area (Å²) in [7, 11) is 0. The van der Waals surface area contributed by atoms with Crippen LogP contribution in [0.3, 0.4) is 0 Å². The fraction of sp³-hybridized carbons (Fsp3) is 0.235. The van der Waals surface area contributed by atoms with Crippen molar-refractivity contribution < 1.29 is 23.9 Å². The van der Waals surface area contributed by atoms with Crippen LogP contribution in [-0.2, 0) is 20.8 Å². The van der Waals surface area contributed by atoms with Crippen molar-refractivity contribution >= 4 is 17.7 Å². The lowest BCUT2D eigenvalue weighted by molar-refractivity contribution is -0.149. The summed E-state index contributed by atoms with van der Waals surface area (Å²) in [6, 6.07) is 7.56. The molecule has 5 nitrogen and oxygen atoms in total. The largest absolute Gasteiger partial charge is 0.480 e. The van der Waals surface area contributed by atoms with Crippen LogP contribution in [0.2, 0.25) is 0 Å². The second-order valence-electron chi connectivity index (χ2n) is 5.53. The van der Waals surface area contributed by atoms with E-state index in [1.165, 1.54) is 6.08 Å². The summed E-state index contributed by atoms with van der Waals surface area (Å²) in [6.07, 6.45) is 2.44. The van der Waals surface area contributed by atoms with Gasteiger partial charge in [0.05, 0.1) is 5.92 Å². The van der Waals surface area contributed by atoms with Gasteiger partial charge in [-0.15, -0.1) is 0 Å². The third-order valence-corrected chi connectivity index (χ3v) is 4.08. The molecule has 1 aliphatic carbocycles. The van der Waals surface area contributed by atoms with Crippen molar-refractivity contribution in [1.82, 2.24) is 4.90 Å². The van der Waals surface area contributed by atoms with Gasteiger partial charge in [0.25, 0.3) is 5.91 Å². The highest BCUT2D eigenvalue weighted by Crippen LogP contribution is 2.36. The van der Waals surface area contributed by atoms with E-state index in [1.54, 1.807) is 30.3 Å². The second kappa shape index (κ2) is 5.79. The van der Waals surface area contributed by atoms with Crippen LogP contribution >= 0.6 is 0 Å². The monoisotopic (exact) mass is 315 g/mol. The van der Waals surface area contributed by atoms with Crippen LogP contribution in [0, 0.1) is 5.92 Å². The van der Waals surface area contributed by atoms with Crippen LogP contribution in [-0.4, -0.2) is 33.7 Å². The van der Waals surface area contributed by atoms with E-state index in [0.29, 0.717) is 0 Å². The van der Waals surface area contributed by atoms with Crippen LogP contribution in [0.25, 0.3) is 0 Å². The number of rotatable bonds is 4. The van der Waals surface area contributed by atoms with Crippen molar-refractivity contribution in [3.8, 4) is 0 Å². The number of hydrogen-bond donors (Lipinski definition) is 1. The van der Waals surface area contributed by atoms with Crippen LogP contribution < -0.4 is 0 Å². The maximum Gasteiger partial charge on any atom is 0.327 e. The van der Waals surface area contributed by atoms with Crippen molar-refractivity contribution in [2.45, 2.75) is 18.9 Å². The van der Waals surface area contributed by atoms with Gasteiger partial charge in [-0.25, -0.2) is 9.18 Å². The molecule has 0 saturated carbocycles. The Morgan fingerprint density at radius 2 is 2.00 bits per heavy atom. The summed E-state index contributed by atoms with van der Waals surface area (Å²) >= 11 is 0. The number of carbonyl (C=O) groups is 3. The van der Waals surface area contributed by atoms with E-state index < -0.39 is 35.4 Å². The maximum atomic E-state index is 13.5. The zero-order valence-electron chi connectivity index (χ0n) is 12.1. The van der Waals surface area contributed by atoms with Gasteiger partial charge in [0, 0.05) is 12.1 Å². The molecule has 118 valence electrons. The highest BCUT2D eigenvalue weighted by molar-refractivity contribution is 6.40. The average molecular weight is 315 g/mol. The summed E-state index contributed by atoms with van der Waals surface area (Å²) in [5.41, 5.74) is 0.861. The van der Waals surface area contributed by atoms with Crippen LogP contribution in [0.4, 0.5) is 4.39 Å². The molecule has 1 aromatic carbocycles. The molecule has 2 unspecified atom stereocenters. The number of allylic oxidation sites excluding steroid dienone is 4. The number of halogens is 1. The second-order valence-corrected chi connectivity index (χ2v) is 5.53. The molecular weight excluding hydrogens is 301 g/mol. The van der Waals surface area contributed by atoms with Crippen molar-refractivity contribution in [2.75, 3.05) is 0 Å². The summed E-state index contributed by atoms with van der Waals surface area (Å²) in [4.78, 5) is 36.9. The molecule has 1 N–H and O–H groups in total. The van der Waals surface area contributed by atoms with Crippen molar-refractivity contribution in [3.63, 3.8) is 0 Å². The standard InChI is InChI=1S/C17H14FNO4/c18-11-6-7-12-13(9-11)19(16(21)15(12)20)14(17(22)23)8-10-4-2-1-3-5-10/h1-6,9,12,14H,7-8H2,(H,22,23). The Morgan fingerprint density at radius 1 is 1.30 bits per heavy atom. The van der Waals surface area contributed by atoms with E-state index in [0.717, 1.165) is 16.5 Å². The van der Waals surface area contributed by atoms with Crippen molar-refractivity contribution in [2.24, 2.45) is 5.92 Å². The molecule has 6 heteroatoms. The number of carboxylic acid groups (broad SMARTS) is 1. The van der Waals surface area contributed by atoms with Crippen LogP contribution in [0.5, 0.6) is 0 Å². The van der Waals surface area contributed by atoms with Gasteiger partial charge in [0.1, 0.15) is 11.9 Å². The molecule has 0 aromatic heterocycles. The Labute approximate surface area is 131 Å². The predicted molar refractivity (Wildman–Crippen MR) is 78.8 cm³/mol. The van der Waals surface area contributed by atoms with E-state index in [1.807, 2.05) is 0 Å². The Morgan fingerprint density at radius 3 is 2.65 bits per heavy atom. The fourth-order valence-electron chi connectivity index (χ4n) is 2.96. The molecule has 2 atom stereocenters. The average Bonchev–Trinajstić information content (AvgIpc) is 2.77. The zero-order chi connectivity index (χ0) is 16.6. The van der Waals surface area contributed by atoms with E-state index >= 15 is 0 Å². The molecule has 1 aromatic rings. The SMILES string of the molecule is O=C1C(=O)N(C(Cc2ccccc2)C(=O)O)C2=CC(F)=CCC12. The number of Topliss-reactive ketones (excluding diaryl/α,β-unsaturated/α-hetero) is 1. The normalized spacial score (nSPS) is 21.6. The number of ketones is 1. The van der Waals surface area contributed by atoms with Gasteiger partial charge in [0.2, 0.25) is 5.78 Å². The zero-order valence-corrected chi connectivity index (χ0v) is 12.1. The Kier molecular flexibility index (Phi) is 3.82. The van der Waals surface area contributed by atoms with Gasteiger partial charge in [-0.2, -0.15) is 0 Å². The summed E-state index contributed by atoms with van der Waals surface area (Å²) in [5, 5.41) is 9.51. The summed E-state index contributed by atoms with van der Waals surface area (Å²) in [5.74, 6) is -4.13. The quantitative estimate of drug-likeness (QED) is 0.861. The molecule has 1 aliphatic heterocycles. The first-order chi connectivity index (χ1) is 11.0. The number of fused-ring (bicyclic) bond motifs is 1. The first-order valence-corrected chi connectivity index (χ1v) is 7.20. The number of carboxylic acids is 1. The fourth-order valence-corrected chi connectivity index (χ4v) is 2.96. The molecule has 1 fully saturated rings. The van der Waals surface area contributed by atoms with Gasteiger partial charge in [-0.05, 0) is 24.1 Å². The number of nitrogens with zero attached hydrogens (tertiary/aromatic N) is 1. The third kappa shape index (κ3) is 2.67. The van der Waals surface area contributed by atoms with E-state index in [2.05, 4.69) is 0 Å². The highest BCUT2D eigenvalue weighted by Gasteiger charge is 2.48. The first-order valence-electron chi connectivity index (χ1n) is 7.20. The van der Waals surface area contributed by atoms with Gasteiger partial charge in [0.15, 0.2) is 0 Å². The predicted octanol–water partition coefficient (Wildman–Crippen LogP) is 1.85. The van der Waals surface area contributed by atoms with Crippen LogP contribution in [0.15, 0.2) is 54.0 Å². The summed E-state index contributed by atoms with van der Waals surface area (Å²) < 4.78 is 13.5. The minimum Gasteiger partial charge on any atom is -0.480 e. The molecule has 2 aliphatic rings. The van der Waals surface area contributed by atoms with Crippen molar-refractivity contribution in [1.29, 1.82) is 0 Å². The number of likely N-dealkylation sites (tertiary alicyclic amines) is 1. The minimum absolute atomic E-state index is 0.0462. The molecule has 23 heavy (non-hydrogen) atoms. The number of aliphatic carboxylic acids is 1. The molecule has 3 rings (SSSR count). The lowest BCUT2D eigenvalue weighted by atomic mass is 9.95. The molecule has 0 radical (unpaired) electrons. The third-order valence-electron chi connectivity index (χ3n) is 4.08. The number of amides is 1. The molecular formula is C17H14FNO4. The van der Waals surface area contributed by atoms with Gasteiger partial charge in [-0.1, -0.05) is 30.3 Å². The minimum atomic E-state index is -1.24. The number of carbonyl (C=O) groups excluding carboxylic acids is 2. The van der Waals surface area contributed by atoms with Gasteiger partial charge >= 0.3 is 5.97 Å². The molecule has 0 spiro atoms. The number of benzene rings is 1. The molecule has 1 amide bonds. The van der Waals surface area contributed by atoms with Crippen LogP contribution in [0.1, 0.15) is 12.0 Å². The summed E-state index contributed by atoms with van der Waals surface area (Å²) in [6.45, 7) is 0. The topological polar surface area (TPSA) is 74.7 Å². The van der Waals surface area contributed by atoms with Gasteiger partial charge in [-0.3, -0.25) is 14.5 Å².